The van der Waals surface area contributed by atoms with E-state index in [0.717, 1.165) is 12.1 Å². The third kappa shape index (κ3) is 3.65. The number of anilines is 1. The fourth-order valence-electron chi connectivity index (χ4n) is 1.65. The number of hydrogen-bond acceptors (Lipinski definition) is 3. The van der Waals surface area contributed by atoms with Gasteiger partial charge in [0.25, 0.3) is 10.0 Å². The minimum absolute atomic E-state index is 0.0110. The highest BCUT2D eigenvalue weighted by molar-refractivity contribution is 7.92. The predicted octanol–water partition coefficient (Wildman–Crippen LogP) is 3.43. The topological polar surface area (TPSA) is 66.4 Å². The predicted molar refractivity (Wildman–Crippen MR) is 79.6 cm³/mol. The third-order valence-corrected chi connectivity index (χ3v) is 4.65. The molecule has 0 fully saturated rings. The summed E-state index contributed by atoms with van der Waals surface area (Å²) in [6, 6.07) is 7.97. The van der Waals surface area contributed by atoms with Gasteiger partial charge in [0.2, 0.25) is 0 Å². The number of sulfonamides is 1. The molecule has 2 aromatic rings. The molecule has 112 valence electrons. The van der Waals surface area contributed by atoms with Gasteiger partial charge in [0, 0.05) is 10.6 Å². The van der Waals surface area contributed by atoms with E-state index in [1.807, 2.05) is 0 Å². The first-order chi connectivity index (χ1) is 9.83. The van der Waals surface area contributed by atoms with Crippen LogP contribution >= 0.6 is 23.2 Å². The fourth-order valence-corrected chi connectivity index (χ4v) is 3.12. The van der Waals surface area contributed by atoms with Gasteiger partial charge in [0.1, 0.15) is 5.82 Å². The maximum Gasteiger partial charge on any atom is 0.262 e. The van der Waals surface area contributed by atoms with E-state index in [2.05, 4.69) is 4.72 Å². The quantitative estimate of drug-likeness (QED) is 0.888. The van der Waals surface area contributed by atoms with Crippen molar-refractivity contribution >= 4 is 38.9 Å². The highest BCUT2D eigenvalue weighted by atomic mass is 35.5. The number of hydrogen-bond donors (Lipinski definition) is 2. The zero-order valence-corrected chi connectivity index (χ0v) is 12.8. The van der Waals surface area contributed by atoms with Crippen LogP contribution in [0.4, 0.5) is 10.1 Å². The van der Waals surface area contributed by atoms with Crippen LogP contribution in [0.1, 0.15) is 5.56 Å². The third-order valence-electron chi connectivity index (χ3n) is 2.63. The van der Waals surface area contributed by atoms with E-state index in [1.165, 1.54) is 12.1 Å². The van der Waals surface area contributed by atoms with Crippen LogP contribution in [0, 0.1) is 5.82 Å². The zero-order chi connectivity index (χ0) is 15.6. The molecular weight excluding hydrogens is 340 g/mol. The summed E-state index contributed by atoms with van der Waals surface area (Å²) in [5.74, 6) is -0.922. The smallest absolute Gasteiger partial charge is 0.262 e. The van der Waals surface area contributed by atoms with Crippen LogP contribution in [0.5, 0.6) is 0 Å². The molecule has 21 heavy (non-hydrogen) atoms. The van der Waals surface area contributed by atoms with Crippen LogP contribution in [-0.4, -0.2) is 13.5 Å². The summed E-state index contributed by atoms with van der Waals surface area (Å²) in [5, 5.41) is 9.12. The molecule has 0 heterocycles. The lowest BCUT2D eigenvalue weighted by atomic mass is 10.2. The van der Waals surface area contributed by atoms with Gasteiger partial charge < -0.3 is 5.11 Å². The highest BCUT2D eigenvalue weighted by Crippen LogP contribution is 2.26. The van der Waals surface area contributed by atoms with Crippen LogP contribution in [0.3, 0.4) is 0 Å². The van der Waals surface area contributed by atoms with Crippen molar-refractivity contribution in [2.45, 2.75) is 11.5 Å². The number of benzene rings is 2. The summed E-state index contributed by atoms with van der Waals surface area (Å²) < 4.78 is 40.3. The molecule has 4 nitrogen and oxygen atoms in total. The van der Waals surface area contributed by atoms with Crippen molar-refractivity contribution in [3.63, 3.8) is 0 Å². The molecule has 0 saturated carbocycles. The van der Waals surface area contributed by atoms with Crippen LogP contribution in [0.2, 0.25) is 10.0 Å². The molecule has 0 bridgehead atoms. The van der Waals surface area contributed by atoms with Gasteiger partial charge in [-0.25, -0.2) is 12.8 Å². The van der Waals surface area contributed by atoms with E-state index in [0.29, 0.717) is 5.02 Å². The Labute approximate surface area is 131 Å². The van der Waals surface area contributed by atoms with E-state index in [-0.39, 0.29) is 21.2 Å². The molecule has 0 atom stereocenters. The van der Waals surface area contributed by atoms with Crippen LogP contribution in [-0.2, 0) is 16.6 Å². The van der Waals surface area contributed by atoms with Crippen molar-refractivity contribution in [3.05, 3.63) is 57.8 Å². The van der Waals surface area contributed by atoms with Gasteiger partial charge in [-0.1, -0.05) is 29.3 Å². The van der Waals surface area contributed by atoms with Crippen molar-refractivity contribution < 1.29 is 17.9 Å². The Morgan fingerprint density at radius 3 is 2.52 bits per heavy atom. The number of aliphatic hydroxyl groups excluding tert-OH is 1. The standard InChI is InChI=1S/C13H10Cl2FNO3S/c14-9-2-1-3-10(5-9)17-21(19,20)11-4-8(7-18)13(15)12(16)6-11/h1-6,17-18H,7H2. The van der Waals surface area contributed by atoms with Gasteiger partial charge in [0.15, 0.2) is 0 Å². The van der Waals surface area contributed by atoms with Crippen molar-refractivity contribution in [1.29, 1.82) is 0 Å². The normalized spacial score (nSPS) is 11.4. The Morgan fingerprint density at radius 2 is 1.90 bits per heavy atom. The maximum atomic E-state index is 13.6. The molecule has 0 saturated heterocycles. The van der Waals surface area contributed by atoms with Gasteiger partial charge in [-0.3, -0.25) is 4.72 Å². The van der Waals surface area contributed by atoms with E-state index in [4.69, 9.17) is 28.3 Å². The molecule has 2 rings (SSSR count). The molecule has 0 spiro atoms. The van der Waals surface area contributed by atoms with Crippen molar-refractivity contribution in [2.24, 2.45) is 0 Å². The highest BCUT2D eigenvalue weighted by Gasteiger charge is 2.19. The second-order valence-electron chi connectivity index (χ2n) is 4.15. The molecule has 0 aliphatic heterocycles. The second kappa shape index (κ2) is 6.19. The number of rotatable bonds is 4. The second-order valence-corrected chi connectivity index (χ2v) is 6.65. The van der Waals surface area contributed by atoms with Crippen LogP contribution in [0.25, 0.3) is 0 Å². The molecule has 0 amide bonds. The minimum Gasteiger partial charge on any atom is -0.392 e. The molecule has 8 heteroatoms. The van der Waals surface area contributed by atoms with Crippen molar-refractivity contribution in [3.8, 4) is 0 Å². The molecule has 0 unspecified atom stereocenters. The molecule has 0 aliphatic rings. The fraction of sp³-hybridized carbons (Fsp3) is 0.0769. The monoisotopic (exact) mass is 349 g/mol. The van der Waals surface area contributed by atoms with Gasteiger partial charge in [0.05, 0.1) is 22.2 Å². The average molecular weight is 350 g/mol. The molecule has 0 aromatic heterocycles. The largest absolute Gasteiger partial charge is 0.392 e. The van der Waals surface area contributed by atoms with Gasteiger partial charge in [-0.05, 0) is 30.3 Å². The first kappa shape index (κ1) is 16.0. The summed E-state index contributed by atoms with van der Waals surface area (Å²) >= 11 is 11.4. The SMILES string of the molecule is O=S(=O)(Nc1cccc(Cl)c1)c1cc(F)c(Cl)c(CO)c1. The van der Waals surface area contributed by atoms with E-state index < -0.39 is 22.4 Å². The van der Waals surface area contributed by atoms with Gasteiger partial charge >= 0.3 is 0 Å². The summed E-state index contributed by atoms with van der Waals surface area (Å²) in [5.41, 5.74) is 0.228. The van der Waals surface area contributed by atoms with E-state index in [1.54, 1.807) is 12.1 Å². The first-order valence-electron chi connectivity index (χ1n) is 5.70. The molecule has 0 radical (unpaired) electrons. The Kier molecular flexibility index (Phi) is 4.73. The van der Waals surface area contributed by atoms with Crippen molar-refractivity contribution in [1.82, 2.24) is 0 Å². The Hall–Kier alpha value is -1.34. The number of halogens is 3. The lowest BCUT2D eigenvalue weighted by molar-refractivity contribution is 0.281. The minimum atomic E-state index is -4.02. The summed E-state index contributed by atoms with van der Waals surface area (Å²) in [4.78, 5) is -0.339. The summed E-state index contributed by atoms with van der Waals surface area (Å²) in [6.45, 7) is -0.573. The lowest BCUT2D eigenvalue weighted by Crippen LogP contribution is -2.14. The number of nitrogens with one attached hydrogen (secondary N) is 1. The maximum absolute atomic E-state index is 13.6. The van der Waals surface area contributed by atoms with E-state index in [9.17, 15) is 12.8 Å². The van der Waals surface area contributed by atoms with Gasteiger partial charge in [-0.15, -0.1) is 0 Å². The molecule has 0 aliphatic carbocycles. The summed E-state index contributed by atoms with van der Waals surface area (Å²) in [7, 11) is -4.02. The lowest BCUT2D eigenvalue weighted by Gasteiger charge is -2.10. The number of aliphatic hydroxyl groups is 1. The van der Waals surface area contributed by atoms with Crippen LogP contribution in [0.15, 0.2) is 41.3 Å². The van der Waals surface area contributed by atoms with Crippen LogP contribution < -0.4 is 4.72 Å². The average Bonchev–Trinajstić information content (AvgIpc) is 2.41. The van der Waals surface area contributed by atoms with E-state index >= 15 is 0 Å². The van der Waals surface area contributed by atoms with Gasteiger partial charge in [-0.2, -0.15) is 0 Å². The zero-order valence-electron chi connectivity index (χ0n) is 10.5. The molecular formula is C13H10Cl2FNO3S. The molecule has 2 aromatic carbocycles. The van der Waals surface area contributed by atoms with Crippen molar-refractivity contribution in [2.75, 3.05) is 4.72 Å². The first-order valence-corrected chi connectivity index (χ1v) is 7.94. The summed E-state index contributed by atoms with van der Waals surface area (Å²) in [6.07, 6.45) is 0. The Balaban J connectivity index is 2.42. The Morgan fingerprint density at radius 1 is 1.19 bits per heavy atom. The Bertz CT molecular complexity index is 781. The molecule has 2 N–H and O–H groups in total.